The summed E-state index contributed by atoms with van der Waals surface area (Å²) in [4.78, 5) is 25.0. The molecule has 0 unspecified atom stereocenters. The van der Waals surface area contributed by atoms with Crippen LogP contribution < -0.4 is 11.1 Å². The third-order valence-electron chi connectivity index (χ3n) is 5.94. The normalized spacial score (nSPS) is 12.1. The number of amides is 2. The third-order valence-corrected chi connectivity index (χ3v) is 5.94. The Morgan fingerprint density at radius 2 is 1.79 bits per heavy atom. The Kier molecular flexibility index (Phi) is 5.01. The van der Waals surface area contributed by atoms with E-state index in [-0.39, 0.29) is 17.4 Å². The molecule has 164 valence electrons. The monoisotopic (exact) mass is 440 g/mol. The van der Waals surface area contributed by atoms with Gasteiger partial charge < -0.3 is 11.1 Å². The minimum atomic E-state index is -0.612. The molecule has 4 aromatic rings. The van der Waals surface area contributed by atoms with Crippen molar-refractivity contribution in [1.29, 1.82) is 0 Å². The lowest BCUT2D eigenvalue weighted by Gasteiger charge is -2.20. The Hall–Kier alpha value is -4.26. The Morgan fingerprint density at radius 1 is 1.03 bits per heavy atom. The number of aromatic nitrogens is 2. The molecule has 0 saturated heterocycles. The fourth-order valence-corrected chi connectivity index (χ4v) is 4.31. The van der Waals surface area contributed by atoms with E-state index in [4.69, 9.17) is 5.73 Å². The predicted octanol–water partition coefficient (Wildman–Crippen LogP) is 4.44. The maximum atomic E-state index is 13.5. The van der Waals surface area contributed by atoms with E-state index < -0.39 is 5.91 Å². The summed E-state index contributed by atoms with van der Waals surface area (Å²) < 4.78 is 15.1. The first-order valence-corrected chi connectivity index (χ1v) is 10.6. The standard InChI is InChI=1S/C26H21FN4O2/c1-15-4-2-3-5-20(15)26(33)29-18-10-6-16-7-13-21-23(25(28)32)30-31(24(21)22(16)14-18)19-11-8-17(27)9-12-19/h2-6,8-12,14H,7,13H2,1H3,(H2,28,32)(H,29,33). The van der Waals surface area contributed by atoms with Crippen LogP contribution in [0.1, 0.15) is 37.5 Å². The smallest absolute Gasteiger partial charge is 0.269 e. The van der Waals surface area contributed by atoms with E-state index in [0.29, 0.717) is 29.8 Å². The van der Waals surface area contributed by atoms with Crippen molar-refractivity contribution in [1.82, 2.24) is 9.78 Å². The van der Waals surface area contributed by atoms with Gasteiger partial charge in [0.25, 0.3) is 11.8 Å². The van der Waals surface area contributed by atoms with E-state index in [1.165, 1.54) is 12.1 Å². The molecule has 1 heterocycles. The molecule has 0 saturated carbocycles. The van der Waals surface area contributed by atoms with Crippen molar-refractivity contribution in [3.05, 3.63) is 100 Å². The average Bonchev–Trinajstić information content (AvgIpc) is 3.20. The molecule has 1 aliphatic rings. The largest absolute Gasteiger partial charge is 0.364 e. The maximum absolute atomic E-state index is 13.5. The van der Waals surface area contributed by atoms with Gasteiger partial charge in [0.15, 0.2) is 5.69 Å². The minimum Gasteiger partial charge on any atom is -0.364 e. The van der Waals surface area contributed by atoms with Crippen molar-refractivity contribution >= 4 is 17.5 Å². The molecule has 0 atom stereocenters. The van der Waals surface area contributed by atoms with E-state index >= 15 is 0 Å². The summed E-state index contributed by atoms with van der Waals surface area (Å²) in [5.74, 6) is -1.18. The summed E-state index contributed by atoms with van der Waals surface area (Å²) >= 11 is 0. The van der Waals surface area contributed by atoms with Crippen molar-refractivity contribution < 1.29 is 14.0 Å². The number of primary amides is 1. The number of anilines is 1. The first-order valence-electron chi connectivity index (χ1n) is 10.6. The average molecular weight is 440 g/mol. The quantitative estimate of drug-likeness (QED) is 0.492. The summed E-state index contributed by atoms with van der Waals surface area (Å²) in [6.07, 6.45) is 1.32. The zero-order valence-electron chi connectivity index (χ0n) is 17.9. The van der Waals surface area contributed by atoms with Gasteiger partial charge >= 0.3 is 0 Å². The van der Waals surface area contributed by atoms with E-state index in [2.05, 4.69) is 10.4 Å². The number of fused-ring (bicyclic) bond motifs is 3. The number of hydrogen-bond donors (Lipinski definition) is 2. The lowest BCUT2D eigenvalue weighted by atomic mass is 9.88. The van der Waals surface area contributed by atoms with Crippen LogP contribution in [0.5, 0.6) is 0 Å². The highest BCUT2D eigenvalue weighted by molar-refractivity contribution is 6.05. The molecule has 2 amide bonds. The second kappa shape index (κ2) is 8.02. The van der Waals surface area contributed by atoms with Crippen LogP contribution in [0.15, 0.2) is 66.7 Å². The van der Waals surface area contributed by atoms with Crippen LogP contribution in [0.3, 0.4) is 0 Å². The summed E-state index contributed by atoms with van der Waals surface area (Å²) in [5, 5.41) is 7.44. The topological polar surface area (TPSA) is 90.0 Å². The van der Waals surface area contributed by atoms with Crippen LogP contribution in [0.4, 0.5) is 10.1 Å². The Labute approximate surface area is 189 Å². The van der Waals surface area contributed by atoms with E-state index in [1.807, 2.05) is 43.3 Å². The van der Waals surface area contributed by atoms with Gasteiger partial charge in [0.05, 0.1) is 11.4 Å². The zero-order chi connectivity index (χ0) is 23.1. The van der Waals surface area contributed by atoms with Gasteiger partial charge in [-0.05, 0) is 73.4 Å². The Balaban J connectivity index is 1.61. The molecule has 3 aromatic carbocycles. The molecule has 0 spiro atoms. The second-order valence-electron chi connectivity index (χ2n) is 8.07. The molecule has 1 aromatic heterocycles. The number of rotatable bonds is 4. The highest BCUT2D eigenvalue weighted by Crippen LogP contribution is 2.38. The number of nitrogens with one attached hydrogen (secondary N) is 1. The summed E-state index contributed by atoms with van der Waals surface area (Å²) in [6, 6.07) is 19.0. The van der Waals surface area contributed by atoms with Crippen LogP contribution in [0, 0.1) is 12.7 Å². The molecular weight excluding hydrogens is 419 g/mol. The zero-order valence-corrected chi connectivity index (χ0v) is 17.9. The molecule has 1 aliphatic carbocycles. The number of nitrogens with zero attached hydrogens (tertiary/aromatic N) is 2. The highest BCUT2D eigenvalue weighted by Gasteiger charge is 2.28. The van der Waals surface area contributed by atoms with Crippen molar-refractivity contribution in [2.75, 3.05) is 5.32 Å². The van der Waals surface area contributed by atoms with Gasteiger partial charge in [-0.2, -0.15) is 5.10 Å². The lowest BCUT2D eigenvalue weighted by Crippen LogP contribution is -2.16. The van der Waals surface area contributed by atoms with Crippen molar-refractivity contribution in [2.24, 2.45) is 5.73 Å². The predicted molar refractivity (Wildman–Crippen MR) is 124 cm³/mol. The maximum Gasteiger partial charge on any atom is 0.269 e. The number of carbonyl (C=O) groups excluding carboxylic acids is 2. The number of carbonyl (C=O) groups is 2. The van der Waals surface area contributed by atoms with Crippen LogP contribution in [0.25, 0.3) is 16.9 Å². The molecule has 5 rings (SSSR count). The van der Waals surface area contributed by atoms with E-state index in [1.54, 1.807) is 22.9 Å². The number of halogens is 1. The summed E-state index contributed by atoms with van der Waals surface area (Å²) in [7, 11) is 0. The van der Waals surface area contributed by atoms with Gasteiger partial charge in [-0.3, -0.25) is 9.59 Å². The molecule has 0 radical (unpaired) electrons. The SMILES string of the molecule is Cc1ccccc1C(=O)Nc1ccc2c(c1)-c1c(c(C(N)=O)nn1-c1ccc(F)cc1)CC2. The van der Waals surface area contributed by atoms with Crippen molar-refractivity contribution in [3.8, 4) is 16.9 Å². The molecule has 33 heavy (non-hydrogen) atoms. The van der Waals surface area contributed by atoms with E-state index in [9.17, 15) is 14.0 Å². The van der Waals surface area contributed by atoms with Gasteiger partial charge in [0.1, 0.15) is 5.82 Å². The second-order valence-corrected chi connectivity index (χ2v) is 8.07. The lowest BCUT2D eigenvalue weighted by molar-refractivity contribution is 0.0992. The van der Waals surface area contributed by atoms with Crippen molar-refractivity contribution in [2.45, 2.75) is 19.8 Å². The first-order chi connectivity index (χ1) is 15.9. The number of hydrogen-bond acceptors (Lipinski definition) is 3. The molecule has 0 aliphatic heterocycles. The number of aryl methyl sites for hydroxylation is 2. The Bertz CT molecular complexity index is 1410. The van der Waals surface area contributed by atoms with E-state index in [0.717, 1.165) is 27.9 Å². The molecular formula is C26H21FN4O2. The molecule has 6 nitrogen and oxygen atoms in total. The van der Waals surface area contributed by atoms with Crippen molar-refractivity contribution in [3.63, 3.8) is 0 Å². The van der Waals surface area contributed by atoms with Gasteiger partial charge in [0, 0.05) is 22.4 Å². The van der Waals surface area contributed by atoms with Gasteiger partial charge in [0.2, 0.25) is 0 Å². The third kappa shape index (κ3) is 3.67. The van der Waals surface area contributed by atoms with Gasteiger partial charge in [-0.1, -0.05) is 24.3 Å². The molecule has 7 heteroatoms. The summed E-state index contributed by atoms with van der Waals surface area (Å²) in [5.41, 5.74) is 11.9. The first kappa shape index (κ1) is 20.6. The molecule has 0 fully saturated rings. The number of benzene rings is 3. The van der Waals surface area contributed by atoms with Gasteiger partial charge in [-0.15, -0.1) is 0 Å². The number of nitrogens with two attached hydrogens (primary N) is 1. The fraction of sp³-hybridized carbons (Fsp3) is 0.115. The minimum absolute atomic E-state index is 0.200. The Morgan fingerprint density at radius 3 is 2.52 bits per heavy atom. The highest BCUT2D eigenvalue weighted by atomic mass is 19.1. The van der Waals surface area contributed by atoms with Gasteiger partial charge in [-0.25, -0.2) is 9.07 Å². The van der Waals surface area contributed by atoms with Crippen LogP contribution in [-0.4, -0.2) is 21.6 Å². The molecule has 3 N–H and O–H groups in total. The van der Waals surface area contributed by atoms with Crippen LogP contribution in [0.2, 0.25) is 0 Å². The summed E-state index contributed by atoms with van der Waals surface area (Å²) in [6.45, 7) is 1.89. The van der Waals surface area contributed by atoms with Crippen LogP contribution >= 0.6 is 0 Å². The van der Waals surface area contributed by atoms with Crippen LogP contribution in [-0.2, 0) is 12.8 Å². The molecule has 0 bridgehead atoms. The fourth-order valence-electron chi connectivity index (χ4n) is 4.31.